The molecule has 1 atom stereocenters. The molecule has 0 unspecified atom stereocenters. The number of likely N-dealkylation sites (tertiary alicyclic amines) is 1. The summed E-state index contributed by atoms with van der Waals surface area (Å²) >= 11 is 0. The number of amides is 1. The summed E-state index contributed by atoms with van der Waals surface area (Å²) in [6.07, 6.45) is 0.701. The van der Waals surface area contributed by atoms with Crippen LogP contribution in [-0.2, 0) is 14.3 Å². The second-order valence-electron chi connectivity index (χ2n) is 7.72. The molecule has 4 rings (SSSR count). The van der Waals surface area contributed by atoms with Gasteiger partial charge < -0.3 is 14.7 Å². The van der Waals surface area contributed by atoms with Crippen molar-refractivity contribution < 1.29 is 23.8 Å². The zero-order valence-corrected chi connectivity index (χ0v) is 17.2. The third-order valence-electron chi connectivity index (χ3n) is 5.75. The fourth-order valence-electron chi connectivity index (χ4n) is 4.15. The van der Waals surface area contributed by atoms with Crippen LogP contribution in [0.4, 0.5) is 4.39 Å². The van der Waals surface area contributed by atoms with Crippen molar-refractivity contribution in [2.45, 2.75) is 12.5 Å². The number of carbonyl (C=O) groups is 2. The van der Waals surface area contributed by atoms with Crippen LogP contribution in [0.15, 0.2) is 60.2 Å². The van der Waals surface area contributed by atoms with Crippen LogP contribution in [0.5, 0.6) is 0 Å². The second kappa shape index (κ2) is 9.41. The lowest BCUT2D eigenvalue weighted by atomic mass is 9.95. The molecule has 162 valence electrons. The summed E-state index contributed by atoms with van der Waals surface area (Å²) in [6, 6.07) is 13.7. The number of benzene rings is 2. The maximum atomic E-state index is 13.3. The van der Waals surface area contributed by atoms with E-state index in [9.17, 15) is 19.1 Å². The van der Waals surface area contributed by atoms with E-state index in [2.05, 4.69) is 4.90 Å². The van der Waals surface area contributed by atoms with Crippen molar-refractivity contribution in [3.05, 3.63) is 77.1 Å². The molecule has 6 nitrogen and oxygen atoms in total. The molecule has 0 saturated carbocycles. The van der Waals surface area contributed by atoms with Gasteiger partial charge in [-0.1, -0.05) is 30.3 Å². The molecule has 0 aliphatic carbocycles. The third-order valence-corrected chi connectivity index (χ3v) is 5.75. The molecule has 2 aliphatic rings. The molecule has 0 spiro atoms. The number of ketones is 1. The summed E-state index contributed by atoms with van der Waals surface area (Å²) in [5.41, 5.74) is 1.08. The number of ether oxygens (including phenoxy) is 1. The number of halogens is 1. The Kier molecular flexibility index (Phi) is 6.44. The van der Waals surface area contributed by atoms with E-state index in [4.69, 9.17) is 4.74 Å². The highest BCUT2D eigenvalue weighted by atomic mass is 19.1. The van der Waals surface area contributed by atoms with Crippen molar-refractivity contribution in [2.75, 3.05) is 39.4 Å². The first-order chi connectivity index (χ1) is 15.1. The van der Waals surface area contributed by atoms with Gasteiger partial charge in [-0.2, -0.15) is 0 Å². The second-order valence-corrected chi connectivity index (χ2v) is 7.72. The van der Waals surface area contributed by atoms with Crippen LogP contribution < -0.4 is 0 Å². The van der Waals surface area contributed by atoms with E-state index in [-0.39, 0.29) is 11.3 Å². The molecule has 2 heterocycles. The van der Waals surface area contributed by atoms with Crippen LogP contribution in [0.2, 0.25) is 0 Å². The molecule has 1 N–H and O–H groups in total. The third kappa shape index (κ3) is 4.52. The number of hydrogen-bond acceptors (Lipinski definition) is 5. The van der Waals surface area contributed by atoms with Crippen molar-refractivity contribution in [1.82, 2.24) is 9.80 Å². The van der Waals surface area contributed by atoms with E-state index >= 15 is 0 Å². The Morgan fingerprint density at radius 1 is 1.00 bits per heavy atom. The van der Waals surface area contributed by atoms with E-state index in [1.165, 1.54) is 29.2 Å². The van der Waals surface area contributed by atoms with Gasteiger partial charge in [-0.25, -0.2) is 4.39 Å². The SMILES string of the molecule is O=C1C(=O)N(CCCN2CCOCC2)[C@@H](c2ccccc2)/C1=C(\O)c1ccc(F)cc1. The smallest absolute Gasteiger partial charge is 0.295 e. The minimum absolute atomic E-state index is 0.0363. The largest absolute Gasteiger partial charge is 0.507 e. The fraction of sp³-hybridized carbons (Fsp3) is 0.333. The Labute approximate surface area is 180 Å². The first kappa shape index (κ1) is 21.2. The van der Waals surface area contributed by atoms with Crippen LogP contribution in [0.1, 0.15) is 23.6 Å². The standard InChI is InChI=1S/C24H25FN2O4/c25-19-9-7-18(8-10-19)22(28)20-21(17-5-2-1-3-6-17)27(24(30)23(20)29)12-4-11-26-13-15-31-16-14-26/h1-3,5-10,21,28H,4,11-16H2/b22-20+/t21-/m0/s1. The maximum Gasteiger partial charge on any atom is 0.295 e. The van der Waals surface area contributed by atoms with Crippen LogP contribution in [0.3, 0.4) is 0 Å². The van der Waals surface area contributed by atoms with Crippen molar-refractivity contribution in [3.8, 4) is 0 Å². The number of Topliss-reactive ketones (excluding diaryl/α,β-unsaturated/α-hetero) is 1. The predicted octanol–water partition coefficient (Wildman–Crippen LogP) is 2.97. The summed E-state index contributed by atoms with van der Waals surface area (Å²) in [7, 11) is 0. The molecule has 2 saturated heterocycles. The Balaban J connectivity index is 1.64. The normalized spacial score (nSPS) is 21.6. The minimum atomic E-state index is -0.720. The number of aliphatic hydroxyl groups is 1. The van der Waals surface area contributed by atoms with Gasteiger partial charge in [-0.3, -0.25) is 14.5 Å². The number of morpholine rings is 1. The molecule has 0 bridgehead atoms. The van der Waals surface area contributed by atoms with Crippen molar-refractivity contribution in [3.63, 3.8) is 0 Å². The quantitative estimate of drug-likeness (QED) is 0.439. The first-order valence-corrected chi connectivity index (χ1v) is 10.5. The van der Waals surface area contributed by atoms with Gasteiger partial charge in [0.05, 0.1) is 24.8 Å². The molecule has 7 heteroatoms. The first-order valence-electron chi connectivity index (χ1n) is 10.5. The van der Waals surface area contributed by atoms with Gasteiger partial charge in [0.2, 0.25) is 0 Å². The zero-order chi connectivity index (χ0) is 21.8. The molecular weight excluding hydrogens is 399 g/mol. The van der Waals surface area contributed by atoms with Gasteiger partial charge in [0.25, 0.3) is 11.7 Å². The molecule has 2 aromatic rings. The van der Waals surface area contributed by atoms with E-state index in [1.807, 2.05) is 30.3 Å². The van der Waals surface area contributed by atoms with Gasteiger partial charge in [0.15, 0.2) is 0 Å². The zero-order valence-electron chi connectivity index (χ0n) is 17.2. The summed E-state index contributed by atoms with van der Waals surface area (Å²) in [4.78, 5) is 29.7. The van der Waals surface area contributed by atoms with E-state index in [1.54, 1.807) is 0 Å². The summed E-state index contributed by atoms with van der Waals surface area (Å²) in [5, 5.41) is 10.9. The average Bonchev–Trinajstić information content (AvgIpc) is 3.05. The van der Waals surface area contributed by atoms with Gasteiger partial charge in [-0.05, 0) is 36.2 Å². The van der Waals surface area contributed by atoms with Gasteiger partial charge >= 0.3 is 0 Å². The number of nitrogens with zero attached hydrogens (tertiary/aromatic N) is 2. The summed E-state index contributed by atoms with van der Waals surface area (Å²) in [5.74, 6) is -2.08. The number of rotatable bonds is 6. The molecule has 0 aromatic heterocycles. The van der Waals surface area contributed by atoms with Gasteiger partial charge in [0.1, 0.15) is 11.6 Å². The highest BCUT2D eigenvalue weighted by Gasteiger charge is 2.45. The average molecular weight is 424 g/mol. The lowest BCUT2D eigenvalue weighted by Crippen LogP contribution is -2.38. The summed E-state index contributed by atoms with van der Waals surface area (Å²) in [6.45, 7) is 4.29. The minimum Gasteiger partial charge on any atom is -0.507 e. The molecular formula is C24H25FN2O4. The lowest BCUT2D eigenvalue weighted by molar-refractivity contribution is -0.140. The number of aliphatic hydroxyl groups excluding tert-OH is 1. The Hall–Kier alpha value is -3.03. The molecule has 1 amide bonds. The highest BCUT2D eigenvalue weighted by Crippen LogP contribution is 2.39. The Morgan fingerprint density at radius 2 is 1.68 bits per heavy atom. The van der Waals surface area contributed by atoms with Crippen LogP contribution in [-0.4, -0.2) is 66.0 Å². The molecule has 0 radical (unpaired) electrons. The van der Waals surface area contributed by atoms with Gasteiger partial charge in [0, 0.05) is 31.7 Å². The number of carbonyl (C=O) groups excluding carboxylic acids is 2. The summed E-state index contributed by atoms with van der Waals surface area (Å²) < 4.78 is 18.7. The van der Waals surface area contributed by atoms with Gasteiger partial charge in [-0.15, -0.1) is 0 Å². The predicted molar refractivity (Wildman–Crippen MR) is 114 cm³/mol. The highest BCUT2D eigenvalue weighted by molar-refractivity contribution is 6.46. The van der Waals surface area contributed by atoms with Crippen LogP contribution in [0, 0.1) is 5.82 Å². The van der Waals surface area contributed by atoms with E-state index in [0.29, 0.717) is 31.7 Å². The molecule has 2 aliphatic heterocycles. The van der Waals surface area contributed by atoms with Crippen molar-refractivity contribution in [2.24, 2.45) is 0 Å². The van der Waals surface area contributed by atoms with E-state index in [0.717, 1.165) is 25.2 Å². The monoisotopic (exact) mass is 424 g/mol. The van der Waals surface area contributed by atoms with Crippen LogP contribution >= 0.6 is 0 Å². The molecule has 2 aromatic carbocycles. The lowest BCUT2D eigenvalue weighted by Gasteiger charge is -2.29. The van der Waals surface area contributed by atoms with Crippen LogP contribution in [0.25, 0.3) is 5.76 Å². The maximum absolute atomic E-state index is 13.3. The van der Waals surface area contributed by atoms with Crippen molar-refractivity contribution >= 4 is 17.4 Å². The van der Waals surface area contributed by atoms with E-state index < -0.39 is 23.5 Å². The number of hydrogen-bond donors (Lipinski definition) is 1. The Morgan fingerprint density at radius 3 is 2.35 bits per heavy atom. The molecule has 31 heavy (non-hydrogen) atoms. The fourth-order valence-corrected chi connectivity index (χ4v) is 4.15. The Bertz CT molecular complexity index is 969. The molecule has 2 fully saturated rings. The topological polar surface area (TPSA) is 70.1 Å². The van der Waals surface area contributed by atoms with Crippen molar-refractivity contribution in [1.29, 1.82) is 0 Å².